The highest BCUT2D eigenvalue weighted by atomic mass is 19.3. The average molecular weight is 781 g/mol. The summed E-state index contributed by atoms with van der Waals surface area (Å²) in [4.78, 5) is 30.5. The minimum atomic E-state index is -2.65. The number of piperidine rings is 1. The summed E-state index contributed by atoms with van der Waals surface area (Å²) >= 11 is 0. The minimum Gasteiger partial charge on any atom is -0.490 e. The van der Waals surface area contributed by atoms with Crippen LogP contribution in [0.2, 0.25) is 0 Å². The normalized spacial score (nSPS) is 24.4. The van der Waals surface area contributed by atoms with Crippen LogP contribution in [0.4, 0.5) is 14.5 Å². The lowest BCUT2D eigenvalue weighted by Crippen LogP contribution is -2.53. The number of ether oxygens (including phenoxy) is 1. The summed E-state index contributed by atoms with van der Waals surface area (Å²) in [6.07, 6.45) is 14.6. The molecular formula is C44H52F2N7O4+. The highest BCUT2D eigenvalue weighted by Gasteiger charge is 2.48. The lowest BCUT2D eigenvalue weighted by atomic mass is 9.61. The Labute approximate surface area is 332 Å². The van der Waals surface area contributed by atoms with Crippen LogP contribution in [0.5, 0.6) is 5.75 Å². The third-order valence-corrected chi connectivity index (χ3v) is 13.6. The highest BCUT2D eigenvalue weighted by Crippen LogP contribution is 2.51. The average Bonchev–Trinajstić information content (AvgIpc) is 3.80. The van der Waals surface area contributed by atoms with Crippen LogP contribution in [0.25, 0.3) is 11.1 Å². The van der Waals surface area contributed by atoms with Gasteiger partial charge in [-0.25, -0.2) is 13.6 Å². The van der Waals surface area contributed by atoms with Crippen molar-refractivity contribution in [3.63, 3.8) is 0 Å². The molecule has 13 heteroatoms. The number of hydrazone groups is 1. The Hall–Kier alpha value is -4.91. The second kappa shape index (κ2) is 15.1. The molecule has 5 heterocycles. The van der Waals surface area contributed by atoms with Gasteiger partial charge >= 0.3 is 5.97 Å². The molecule has 2 aromatic carbocycles. The van der Waals surface area contributed by atoms with Crippen molar-refractivity contribution in [1.29, 1.82) is 0 Å². The first-order valence-electron chi connectivity index (χ1n) is 20.7. The number of aromatic nitrogens is 2. The number of aromatic carboxylic acids is 1. The topological polar surface area (TPSA) is 107 Å². The number of nitrogens with zero attached hydrogens (tertiary/aromatic N) is 7. The van der Waals surface area contributed by atoms with Gasteiger partial charge in [0.05, 0.1) is 36.4 Å². The second-order valence-corrected chi connectivity index (χ2v) is 17.1. The Morgan fingerprint density at radius 3 is 2.44 bits per heavy atom. The van der Waals surface area contributed by atoms with E-state index in [1.807, 2.05) is 11.0 Å². The fourth-order valence-corrected chi connectivity index (χ4v) is 10.3. The molecule has 9 rings (SSSR count). The molecule has 0 unspecified atom stereocenters. The third kappa shape index (κ3) is 7.39. The fraction of sp³-hybridized carbons (Fsp3) is 0.523. The van der Waals surface area contributed by atoms with E-state index in [-0.39, 0.29) is 23.1 Å². The molecule has 4 aliphatic heterocycles. The number of benzene rings is 2. The lowest BCUT2D eigenvalue weighted by Gasteiger charge is -2.53. The molecule has 1 spiro atoms. The fourth-order valence-electron chi connectivity index (χ4n) is 10.3. The Balaban J connectivity index is 0.868. The van der Waals surface area contributed by atoms with Gasteiger partial charge < -0.3 is 24.5 Å². The Bertz CT molecular complexity index is 2140. The number of carbonyl (C=O) groups excluding carboxylic acids is 1. The molecule has 1 saturated heterocycles. The van der Waals surface area contributed by atoms with E-state index in [2.05, 4.69) is 25.8 Å². The van der Waals surface area contributed by atoms with Gasteiger partial charge in [0.2, 0.25) is 17.4 Å². The summed E-state index contributed by atoms with van der Waals surface area (Å²) in [5.74, 6) is 1.00. The number of carbonyl (C=O) groups is 2. The molecule has 0 bridgehead atoms. The summed E-state index contributed by atoms with van der Waals surface area (Å²) in [5.41, 5.74) is 5.77. The minimum absolute atomic E-state index is 0.00700. The summed E-state index contributed by atoms with van der Waals surface area (Å²) in [6, 6.07) is 10.9. The molecule has 0 atom stereocenters. The standard InChI is InChI=1S/C44H51F2N7O4/c1-28(54)51-17-13-39-38(27-51)42(52-16-3-4-31-20-36(32-24-47-49(2)26-32)37(41(45)46)21-40(31)52)48-53(39)25-29-5-9-33(10-6-29)50-18-14-44(15-19-50)22-35(23-44)57-34-11-7-30(8-12-34)43(55)56/h7-8,11-12,20-21,24-26,29,33,35,41H,3-6,9-10,13-19,22-23,27H2,1-2H3/p+1/b53-25-. The largest absolute Gasteiger partial charge is 0.490 e. The Morgan fingerprint density at radius 1 is 1.02 bits per heavy atom. The maximum Gasteiger partial charge on any atom is 0.335 e. The zero-order chi connectivity index (χ0) is 39.4. The van der Waals surface area contributed by atoms with E-state index in [0.717, 1.165) is 98.6 Å². The third-order valence-electron chi connectivity index (χ3n) is 13.6. The molecule has 6 aliphatic rings. The quantitative estimate of drug-likeness (QED) is 0.252. The first kappa shape index (κ1) is 37.7. The number of halogens is 2. The van der Waals surface area contributed by atoms with Crippen LogP contribution in [0.1, 0.15) is 99.0 Å². The van der Waals surface area contributed by atoms with Crippen molar-refractivity contribution in [3.8, 4) is 16.9 Å². The maximum absolute atomic E-state index is 14.7. The van der Waals surface area contributed by atoms with E-state index in [1.54, 1.807) is 61.4 Å². The van der Waals surface area contributed by atoms with Gasteiger partial charge in [-0.15, -0.1) is 0 Å². The van der Waals surface area contributed by atoms with E-state index in [1.165, 1.54) is 12.8 Å². The number of carboxylic acids is 1. The summed E-state index contributed by atoms with van der Waals surface area (Å²) in [5, 5.41) is 18.7. The highest BCUT2D eigenvalue weighted by molar-refractivity contribution is 6.12. The van der Waals surface area contributed by atoms with Gasteiger partial charge in [0.15, 0.2) is 6.21 Å². The molecule has 2 saturated carbocycles. The number of fused-ring (bicyclic) bond motifs is 1. The SMILES string of the molecule is CC(=O)N1CCC2=C(C1)C(N1CCCc3cc(-c4cnn(C)c4)c(C(F)F)cc31)=N/[N+]2=C\C1CCC(N2CCC3(CC2)CC(Oc2ccc(C(=O)O)cc2)C3)CC1. The predicted octanol–water partition coefficient (Wildman–Crippen LogP) is 7.27. The number of rotatable bonds is 7. The van der Waals surface area contributed by atoms with Crippen LogP contribution >= 0.6 is 0 Å². The second-order valence-electron chi connectivity index (χ2n) is 17.1. The number of aryl methyl sites for hydroxylation is 2. The van der Waals surface area contributed by atoms with Crippen molar-refractivity contribution in [3.05, 3.63) is 76.8 Å². The van der Waals surface area contributed by atoms with E-state index in [9.17, 15) is 18.4 Å². The number of likely N-dealkylation sites (tertiary alicyclic amines) is 1. The summed E-state index contributed by atoms with van der Waals surface area (Å²) in [6.45, 7) is 5.62. The number of carboxylic acid groups (broad SMARTS) is 1. The van der Waals surface area contributed by atoms with Gasteiger partial charge in [0.25, 0.3) is 6.43 Å². The van der Waals surface area contributed by atoms with Crippen molar-refractivity contribution in [2.45, 2.75) is 96.1 Å². The van der Waals surface area contributed by atoms with Crippen molar-refractivity contribution < 1.29 is 32.9 Å². The number of hydrogen-bond acceptors (Lipinski definition) is 7. The molecule has 1 aromatic heterocycles. The van der Waals surface area contributed by atoms with Crippen molar-refractivity contribution in [1.82, 2.24) is 19.6 Å². The van der Waals surface area contributed by atoms with Gasteiger partial charge in [0.1, 0.15) is 5.75 Å². The Kier molecular flexibility index (Phi) is 9.99. The Morgan fingerprint density at radius 2 is 1.77 bits per heavy atom. The predicted molar refractivity (Wildman–Crippen MR) is 213 cm³/mol. The summed E-state index contributed by atoms with van der Waals surface area (Å²) in [7, 11) is 1.79. The van der Waals surface area contributed by atoms with Gasteiger partial charge in [-0.05, 0) is 130 Å². The molecular weight excluding hydrogens is 729 g/mol. The molecule has 11 nitrogen and oxygen atoms in total. The zero-order valence-corrected chi connectivity index (χ0v) is 32.9. The van der Waals surface area contributed by atoms with Gasteiger partial charge in [-0.3, -0.25) is 9.48 Å². The number of hydrogen-bond donors (Lipinski definition) is 1. The number of anilines is 1. The number of amides is 1. The maximum atomic E-state index is 14.7. The molecule has 57 heavy (non-hydrogen) atoms. The van der Waals surface area contributed by atoms with E-state index in [0.29, 0.717) is 54.6 Å². The number of amidine groups is 1. The van der Waals surface area contributed by atoms with Crippen molar-refractivity contribution >= 4 is 29.6 Å². The van der Waals surface area contributed by atoms with Crippen LogP contribution in [-0.4, -0.2) is 98.2 Å². The van der Waals surface area contributed by atoms with E-state index in [4.69, 9.17) is 14.9 Å². The monoisotopic (exact) mass is 780 g/mol. The molecule has 1 amide bonds. The first-order valence-corrected chi connectivity index (χ1v) is 20.7. The van der Waals surface area contributed by atoms with Gasteiger partial charge in [-0.1, -0.05) is 4.68 Å². The molecule has 300 valence electrons. The molecule has 2 aliphatic carbocycles. The van der Waals surface area contributed by atoms with E-state index >= 15 is 0 Å². The molecule has 3 fully saturated rings. The van der Waals surface area contributed by atoms with Crippen LogP contribution in [0.15, 0.2) is 65.2 Å². The smallest absolute Gasteiger partial charge is 0.335 e. The van der Waals surface area contributed by atoms with Crippen LogP contribution in [0.3, 0.4) is 0 Å². The van der Waals surface area contributed by atoms with Crippen LogP contribution in [-0.2, 0) is 18.3 Å². The molecule has 1 N–H and O–H groups in total. The van der Waals surface area contributed by atoms with Crippen LogP contribution in [0, 0.1) is 11.3 Å². The van der Waals surface area contributed by atoms with Crippen molar-refractivity contribution in [2.24, 2.45) is 23.5 Å². The van der Waals surface area contributed by atoms with Gasteiger partial charge in [-0.2, -0.15) is 5.10 Å². The van der Waals surface area contributed by atoms with Crippen molar-refractivity contribution in [2.75, 3.05) is 37.6 Å². The zero-order valence-electron chi connectivity index (χ0n) is 32.9. The van der Waals surface area contributed by atoms with Crippen LogP contribution < -0.4 is 9.64 Å². The first-order chi connectivity index (χ1) is 27.5. The lowest BCUT2D eigenvalue weighted by molar-refractivity contribution is -0.479. The summed E-state index contributed by atoms with van der Waals surface area (Å²) < 4.78 is 39.2. The van der Waals surface area contributed by atoms with Gasteiger partial charge in [0, 0.05) is 67.1 Å². The molecule has 0 radical (unpaired) electrons. The number of alkyl halides is 2. The van der Waals surface area contributed by atoms with E-state index < -0.39 is 12.4 Å². The molecule has 3 aromatic rings.